The van der Waals surface area contributed by atoms with E-state index in [1.807, 2.05) is 6.07 Å². The molecule has 2 aromatic heterocycles. The highest BCUT2D eigenvalue weighted by Crippen LogP contribution is 2.29. The summed E-state index contributed by atoms with van der Waals surface area (Å²) in [6.07, 6.45) is 1.47. The van der Waals surface area contributed by atoms with Gasteiger partial charge in [-0.1, -0.05) is 0 Å². The number of carboxylic acids is 1. The number of ketones is 1. The van der Waals surface area contributed by atoms with Crippen molar-refractivity contribution in [1.29, 1.82) is 0 Å². The van der Waals surface area contributed by atoms with E-state index in [-0.39, 0.29) is 18.6 Å². The van der Waals surface area contributed by atoms with Crippen LogP contribution in [-0.4, -0.2) is 25.9 Å². The second-order valence-corrected chi connectivity index (χ2v) is 5.04. The summed E-state index contributed by atoms with van der Waals surface area (Å²) in [5.74, 6) is -1.18. The molecule has 1 aromatic carbocycles. The summed E-state index contributed by atoms with van der Waals surface area (Å²) < 4.78 is 1.45. The highest BCUT2D eigenvalue weighted by molar-refractivity contribution is 6.26. The van der Waals surface area contributed by atoms with Gasteiger partial charge in [-0.2, -0.15) is 0 Å². The summed E-state index contributed by atoms with van der Waals surface area (Å²) in [5.41, 5.74) is 1.88. The second kappa shape index (κ2) is 5.18. The van der Waals surface area contributed by atoms with Gasteiger partial charge in [-0.25, -0.2) is 9.07 Å². The summed E-state index contributed by atoms with van der Waals surface area (Å²) in [6.45, 7) is 0. The number of halogens is 1. The van der Waals surface area contributed by atoms with E-state index < -0.39 is 5.97 Å². The number of aliphatic carboxylic acids is 1. The topological polar surface area (TPSA) is 72.2 Å². The van der Waals surface area contributed by atoms with Crippen molar-refractivity contribution in [1.82, 2.24) is 9.07 Å². The van der Waals surface area contributed by atoms with Crippen LogP contribution in [0, 0.1) is 0 Å². The maximum atomic E-state index is 12.0. The number of pyridine rings is 1. The summed E-state index contributed by atoms with van der Waals surface area (Å²) in [7, 11) is 0. The Morgan fingerprint density at radius 2 is 2.00 bits per heavy atom. The summed E-state index contributed by atoms with van der Waals surface area (Å²) in [4.78, 5) is 26.8. The first kappa shape index (κ1) is 13.6. The zero-order valence-corrected chi connectivity index (χ0v) is 11.7. The molecule has 0 saturated carbocycles. The lowest BCUT2D eigenvalue weighted by Crippen LogP contribution is -2.03. The van der Waals surface area contributed by atoms with Gasteiger partial charge in [0.05, 0.1) is 11.9 Å². The molecule has 5 nitrogen and oxygen atoms in total. The quantitative estimate of drug-likeness (QED) is 0.751. The Labute approximate surface area is 124 Å². The van der Waals surface area contributed by atoms with Crippen LogP contribution in [0.4, 0.5) is 0 Å². The fraction of sp³-hybridized carbons (Fsp3) is 0.133. The zero-order valence-electron chi connectivity index (χ0n) is 10.9. The van der Waals surface area contributed by atoms with Gasteiger partial charge in [0.25, 0.3) is 0 Å². The minimum Gasteiger partial charge on any atom is -0.481 e. The highest BCUT2D eigenvalue weighted by Gasteiger charge is 2.14. The minimum absolute atomic E-state index is 0.0153. The monoisotopic (exact) mass is 302 g/mol. The SMILES string of the molecule is O=C(O)CCC(=O)c1ccc2c(c1)c1cccnc1n2Cl. The fourth-order valence-corrected chi connectivity index (χ4v) is 2.62. The van der Waals surface area contributed by atoms with Crippen LogP contribution in [0.5, 0.6) is 0 Å². The maximum Gasteiger partial charge on any atom is 0.303 e. The lowest BCUT2D eigenvalue weighted by molar-refractivity contribution is -0.136. The van der Waals surface area contributed by atoms with Gasteiger partial charge in [0.1, 0.15) is 0 Å². The first-order chi connectivity index (χ1) is 10.1. The Morgan fingerprint density at radius 1 is 1.19 bits per heavy atom. The van der Waals surface area contributed by atoms with E-state index in [2.05, 4.69) is 4.98 Å². The number of benzene rings is 1. The molecule has 0 unspecified atom stereocenters. The van der Waals surface area contributed by atoms with Crippen LogP contribution in [0.25, 0.3) is 21.9 Å². The van der Waals surface area contributed by atoms with Crippen molar-refractivity contribution in [2.24, 2.45) is 0 Å². The number of carbonyl (C=O) groups excluding carboxylic acids is 1. The molecule has 6 heteroatoms. The number of nitrogens with zero attached hydrogens (tertiary/aromatic N) is 2. The van der Waals surface area contributed by atoms with Gasteiger partial charge >= 0.3 is 5.97 Å². The number of rotatable bonds is 4. The molecular formula is C15H11ClN2O3. The molecule has 21 heavy (non-hydrogen) atoms. The summed E-state index contributed by atoms with van der Waals surface area (Å²) in [6, 6.07) is 8.83. The van der Waals surface area contributed by atoms with Crippen LogP contribution >= 0.6 is 11.8 Å². The van der Waals surface area contributed by atoms with E-state index in [1.165, 1.54) is 4.09 Å². The number of aromatic nitrogens is 2. The number of hydrogen-bond donors (Lipinski definition) is 1. The lowest BCUT2D eigenvalue weighted by Gasteiger charge is -2.00. The van der Waals surface area contributed by atoms with Crippen LogP contribution < -0.4 is 0 Å². The number of hydrogen-bond acceptors (Lipinski definition) is 3. The Hall–Kier alpha value is -2.40. The van der Waals surface area contributed by atoms with Crippen LogP contribution in [0.3, 0.4) is 0 Å². The largest absolute Gasteiger partial charge is 0.481 e. The van der Waals surface area contributed by atoms with E-state index in [9.17, 15) is 9.59 Å². The fourth-order valence-electron chi connectivity index (χ4n) is 2.34. The molecule has 1 N–H and O–H groups in total. The van der Waals surface area contributed by atoms with Crippen molar-refractivity contribution in [3.05, 3.63) is 42.1 Å². The average molecular weight is 303 g/mol. The predicted octanol–water partition coefficient (Wildman–Crippen LogP) is 3.24. The molecule has 3 rings (SSSR count). The van der Waals surface area contributed by atoms with Gasteiger partial charge in [0, 0.05) is 40.7 Å². The van der Waals surface area contributed by atoms with E-state index in [0.29, 0.717) is 11.2 Å². The molecule has 0 aliphatic heterocycles. The van der Waals surface area contributed by atoms with Crippen molar-refractivity contribution >= 4 is 45.5 Å². The molecular weight excluding hydrogens is 292 g/mol. The van der Waals surface area contributed by atoms with E-state index >= 15 is 0 Å². The normalized spacial score (nSPS) is 11.1. The third-order valence-corrected chi connectivity index (χ3v) is 3.70. The maximum absolute atomic E-state index is 12.0. The summed E-state index contributed by atoms with van der Waals surface area (Å²) >= 11 is 6.22. The van der Waals surface area contributed by atoms with Crippen molar-refractivity contribution in [2.75, 3.05) is 0 Å². The van der Waals surface area contributed by atoms with E-state index in [1.54, 1.807) is 30.5 Å². The van der Waals surface area contributed by atoms with Crippen LogP contribution in [0.1, 0.15) is 23.2 Å². The first-order valence-corrected chi connectivity index (χ1v) is 6.72. The highest BCUT2D eigenvalue weighted by atomic mass is 35.5. The van der Waals surface area contributed by atoms with Gasteiger partial charge in [-0.3, -0.25) is 9.59 Å². The van der Waals surface area contributed by atoms with Crippen LogP contribution in [0.15, 0.2) is 36.5 Å². The molecule has 0 aliphatic carbocycles. The Bertz CT molecular complexity index is 870. The van der Waals surface area contributed by atoms with E-state index in [4.69, 9.17) is 16.9 Å². The van der Waals surface area contributed by atoms with Crippen molar-refractivity contribution in [3.63, 3.8) is 0 Å². The molecule has 0 amide bonds. The second-order valence-electron chi connectivity index (χ2n) is 4.70. The lowest BCUT2D eigenvalue weighted by atomic mass is 10.0. The number of carbonyl (C=O) groups is 2. The number of carboxylic acid groups (broad SMARTS) is 1. The van der Waals surface area contributed by atoms with Gasteiger partial charge < -0.3 is 5.11 Å². The Morgan fingerprint density at radius 3 is 2.76 bits per heavy atom. The molecule has 0 atom stereocenters. The third kappa shape index (κ3) is 2.36. The molecule has 0 fully saturated rings. The smallest absolute Gasteiger partial charge is 0.303 e. The van der Waals surface area contributed by atoms with Crippen molar-refractivity contribution in [2.45, 2.75) is 12.8 Å². The molecule has 2 heterocycles. The van der Waals surface area contributed by atoms with Gasteiger partial charge in [-0.15, -0.1) is 0 Å². The molecule has 3 aromatic rings. The predicted molar refractivity (Wildman–Crippen MR) is 79.7 cm³/mol. The molecule has 0 saturated heterocycles. The van der Waals surface area contributed by atoms with Gasteiger partial charge in [0.2, 0.25) is 0 Å². The number of fused-ring (bicyclic) bond motifs is 3. The average Bonchev–Trinajstić information content (AvgIpc) is 2.78. The molecule has 0 bridgehead atoms. The summed E-state index contributed by atoms with van der Waals surface area (Å²) in [5, 5.41) is 10.3. The van der Waals surface area contributed by atoms with Crippen molar-refractivity contribution < 1.29 is 14.7 Å². The standard InChI is InChI=1S/C15H11ClN2O3/c16-18-12-4-3-9(13(19)5-6-14(20)21)8-11(12)10-2-1-7-17-15(10)18/h1-4,7-8H,5-6H2,(H,20,21). The Balaban J connectivity index is 2.09. The van der Waals surface area contributed by atoms with Crippen LogP contribution in [-0.2, 0) is 4.79 Å². The Kier molecular flexibility index (Phi) is 3.35. The zero-order chi connectivity index (χ0) is 15.0. The molecule has 0 radical (unpaired) electrons. The molecule has 106 valence electrons. The van der Waals surface area contributed by atoms with Gasteiger partial charge in [-0.05, 0) is 30.3 Å². The number of Topliss-reactive ketones (excluding diaryl/α,β-unsaturated/α-hetero) is 1. The molecule has 0 aliphatic rings. The van der Waals surface area contributed by atoms with E-state index in [0.717, 1.165) is 16.3 Å². The minimum atomic E-state index is -0.981. The first-order valence-electron chi connectivity index (χ1n) is 6.38. The van der Waals surface area contributed by atoms with Crippen LogP contribution in [0.2, 0.25) is 0 Å². The molecule has 0 spiro atoms. The van der Waals surface area contributed by atoms with Gasteiger partial charge in [0.15, 0.2) is 11.4 Å². The third-order valence-electron chi connectivity index (χ3n) is 3.36. The van der Waals surface area contributed by atoms with Crippen molar-refractivity contribution in [3.8, 4) is 0 Å².